The molecule has 0 nitrogen and oxygen atoms in total. The van der Waals surface area contributed by atoms with Gasteiger partial charge >= 0.3 is 0 Å². The standard InChI is InChI=1S/C36H56P2/c1-35(2,3)38(36(4,5)6)32(27-10-8-7-9-11-27)22-37(33-28-14-23-12-24(16-28)17-29(33)15-23)34-30-18-25-13-26(20-30)21-31(34)19-25/h7-11,23-26,28-34H,12-22H2,1-6H3. The fourth-order valence-corrected chi connectivity index (χ4v) is 22.7. The molecule has 2 heteroatoms. The number of hydrogen-bond acceptors (Lipinski definition) is 0. The molecule has 8 fully saturated rings. The molecule has 1 aromatic rings. The second kappa shape index (κ2) is 9.83. The SMILES string of the molecule is CC(C)(C)P(C(CP(C1C2CC3CC(C2)CC1C3)C1C2CC3CC(C2)CC1C3)c1ccccc1)C(C)(C)C. The number of rotatable bonds is 6. The molecule has 0 N–H and O–H groups in total. The van der Waals surface area contributed by atoms with Gasteiger partial charge in [-0.2, -0.15) is 0 Å². The molecule has 0 saturated heterocycles. The Morgan fingerprint density at radius 1 is 0.579 bits per heavy atom. The van der Waals surface area contributed by atoms with Gasteiger partial charge in [0.25, 0.3) is 0 Å². The predicted octanol–water partition coefficient (Wildman–Crippen LogP) is 10.9. The molecule has 0 aliphatic heterocycles. The maximum Gasteiger partial charge on any atom is 0.00906 e. The zero-order valence-electron chi connectivity index (χ0n) is 25.4. The molecule has 1 aromatic carbocycles. The van der Waals surface area contributed by atoms with Crippen LogP contribution in [-0.4, -0.2) is 27.8 Å². The average Bonchev–Trinajstić information content (AvgIpc) is 2.81. The third kappa shape index (κ3) is 4.81. The molecule has 210 valence electrons. The van der Waals surface area contributed by atoms with Crippen molar-refractivity contribution in [1.82, 2.24) is 0 Å². The molecule has 8 saturated carbocycles. The van der Waals surface area contributed by atoms with Crippen LogP contribution in [0.15, 0.2) is 30.3 Å². The Labute approximate surface area is 237 Å². The first-order valence-corrected chi connectivity index (χ1v) is 19.7. The summed E-state index contributed by atoms with van der Waals surface area (Å²) in [6, 6.07) is 12.1. The Balaban J connectivity index is 1.30. The second-order valence-corrected chi connectivity index (χ2v) is 23.8. The summed E-state index contributed by atoms with van der Waals surface area (Å²) in [4.78, 5) is 0. The van der Waals surface area contributed by atoms with Crippen LogP contribution in [0.3, 0.4) is 0 Å². The Kier molecular flexibility index (Phi) is 6.97. The van der Waals surface area contributed by atoms with E-state index >= 15 is 0 Å². The van der Waals surface area contributed by atoms with Gasteiger partial charge in [-0.25, -0.2) is 0 Å². The van der Waals surface area contributed by atoms with Crippen LogP contribution in [0.25, 0.3) is 0 Å². The quantitative estimate of drug-likeness (QED) is 0.309. The normalized spacial score (nSPS) is 43.1. The Bertz CT molecular complexity index is 871. The van der Waals surface area contributed by atoms with Crippen molar-refractivity contribution in [3.8, 4) is 0 Å². The molecule has 0 spiro atoms. The van der Waals surface area contributed by atoms with Gasteiger partial charge in [0.1, 0.15) is 0 Å². The van der Waals surface area contributed by atoms with Crippen LogP contribution in [0.4, 0.5) is 0 Å². The van der Waals surface area contributed by atoms with Gasteiger partial charge < -0.3 is 0 Å². The molecule has 0 heterocycles. The summed E-state index contributed by atoms with van der Waals surface area (Å²) >= 11 is 0. The minimum atomic E-state index is -0.170. The minimum absolute atomic E-state index is 0.0660. The maximum atomic E-state index is 2.59. The first-order valence-electron chi connectivity index (χ1n) is 16.6. The molecule has 8 aliphatic rings. The smallest absolute Gasteiger partial charge is 0.00906 e. The highest BCUT2D eigenvalue weighted by molar-refractivity contribution is 7.64. The van der Waals surface area contributed by atoms with Crippen LogP contribution in [0.5, 0.6) is 0 Å². The van der Waals surface area contributed by atoms with Crippen molar-refractivity contribution in [2.75, 3.05) is 6.16 Å². The lowest BCUT2D eigenvalue weighted by molar-refractivity contribution is 0.0130. The van der Waals surface area contributed by atoms with Gasteiger partial charge in [0.2, 0.25) is 0 Å². The highest BCUT2D eigenvalue weighted by atomic mass is 31.1. The predicted molar refractivity (Wildman–Crippen MR) is 169 cm³/mol. The second-order valence-electron chi connectivity index (χ2n) is 17.2. The lowest BCUT2D eigenvalue weighted by Gasteiger charge is -2.63. The third-order valence-electron chi connectivity index (χ3n) is 12.4. The van der Waals surface area contributed by atoms with Crippen molar-refractivity contribution in [1.29, 1.82) is 0 Å². The summed E-state index contributed by atoms with van der Waals surface area (Å²) < 4.78 is 0. The number of benzene rings is 1. The summed E-state index contributed by atoms with van der Waals surface area (Å²) in [5.74, 6) is 8.82. The van der Waals surface area contributed by atoms with E-state index in [4.69, 9.17) is 0 Å². The van der Waals surface area contributed by atoms with Crippen LogP contribution in [0.1, 0.15) is 117 Å². The van der Waals surface area contributed by atoms with Gasteiger partial charge in [0, 0.05) is 5.66 Å². The Morgan fingerprint density at radius 3 is 1.29 bits per heavy atom. The minimum Gasteiger partial charge on any atom is -0.0983 e. The summed E-state index contributed by atoms with van der Waals surface area (Å²) in [6.45, 7) is 15.5. The molecule has 0 radical (unpaired) electrons. The summed E-state index contributed by atoms with van der Waals surface area (Å²) in [5.41, 5.74) is 4.70. The summed E-state index contributed by atoms with van der Waals surface area (Å²) in [5, 5.41) is 0.756. The highest BCUT2D eigenvalue weighted by Gasteiger charge is 2.57. The zero-order chi connectivity index (χ0) is 26.4. The summed E-state index contributed by atoms with van der Waals surface area (Å²) in [7, 11) is -0.105. The molecule has 1 unspecified atom stereocenters. The monoisotopic (exact) mass is 550 g/mol. The van der Waals surface area contributed by atoms with E-state index in [0.717, 1.165) is 64.3 Å². The fourth-order valence-electron chi connectivity index (χ4n) is 12.5. The van der Waals surface area contributed by atoms with Gasteiger partial charge in [-0.1, -0.05) is 87.7 Å². The topological polar surface area (TPSA) is 0 Å². The third-order valence-corrected chi connectivity index (χ3v) is 20.7. The van der Waals surface area contributed by atoms with E-state index in [1.165, 1.54) is 0 Å². The fraction of sp³-hybridized carbons (Fsp3) is 0.833. The van der Waals surface area contributed by atoms with Crippen molar-refractivity contribution in [2.45, 2.75) is 133 Å². The van der Waals surface area contributed by atoms with Gasteiger partial charge in [0.15, 0.2) is 0 Å². The average molecular weight is 551 g/mol. The van der Waals surface area contributed by atoms with E-state index in [1.807, 2.05) is 0 Å². The van der Waals surface area contributed by atoms with Crippen molar-refractivity contribution in [3.63, 3.8) is 0 Å². The van der Waals surface area contributed by atoms with Crippen molar-refractivity contribution in [2.24, 2.45) is 47.3 Å². The first kappa shape index (κ1) is 26.9. The molecule has 1 atom stereocenters. The lowest BCUT2D eigenvalue weighted by atomic mass is 9.55. The van der Waals surface area contributed by atoms with Crippen LogP contribution in [-0.2, 0) is 0 Å². The molecule has 8 bridgehead atoms. The van der Waals surface area contributed by atoms with Gasteiger partial charge in [-0.3, -0.25) is 0 Å². The van der Waals surface area contributed by atoms with E-state index < -0.39 is 0 Å². The van der Waals surface area contributed by atoms with Crippen molar-refractivity contribution in [3.05, 3.63) is 35.9 Å². The van der Waals surface area contributed by atoms with E-state index in [9.17, 15) is 0 Å². The van der Waals surface area contributed by atoms with E-state index in [2.05, 4.69) is 71.9 Å². The molecular weight excluding hydrogens is 494 g/mol. The number of hydrogen-bond donors (Lipinski definition) is 0. The molecule has 38 heavy (non-hydrogen) atoms. The van der Waals surface area contributed by atoms with Crippen LogP contribution in [0.2, 0.25) is 0 Å². The van der Waals surface area contributed by atoms with Gasteiger partial charge in [0.05, 0.1) is 0 Å². The summed E-state index contributed by atoms with van der Waals surface area (Å²) in [6.07, 6.45) is 17.7. The molecule has 9 rings (SSSR count). The van der Waals surface area contributed by atoms with Crippen LogP contribution >= 0.6 is 15.8 Å². The Morgan fingerprint density at radius 2 is 0.947 bits per heavy atom. The molecule has 0 amide bonds. The Hall–Kier alpha value is 0.0800. The van der Waals surface area contributed by atoms with Crippen molar-refractivity contribution < 1.29 is 0 Å². The van der Waals surface area contributed by atoms with E-state index in [-0.39, 0.29) is 15.8 Å². The zero-order valence-corrected chi connectivity index (χ0v) is 27.2. The van der Waals surface area contributed by atoms with Crippen LogP contribution in [0, 0.1) is 47.3 Å². The molecule has 8 aliphatic carbocycles. The first-order chi connectivity index (χ1) is 18.0. The molecule has 0 aromatic heterocycles. The molecular formula is C36H56P2. The van der Waals surface area contributed by atoms with Gasteiger partial charge in [-0.15, -0.1) is 0 Å². The highest BCUT2D eigenvalue weighted by Crippen LogP contribution is 2.76. The van der Waals surface area contributed by atoms with E-state index in [0.29, 0.717) is 10.3 Å². The lowest BCUT2D eigenvalue weighted by Crippen LogP contribution is -2.53. The van der Waals surface area contributed by atoms with Gasteiger partial charge in [-0.05, 0) is 145 Å². The maximum absolute atomic E-state index is 2.59. The van der Waals surface area contributed by atoms with Crippen LogP contribution < -0.4 is 0 Å². The van der Waals surface area contributed by atoms with E-state index in [1.54, 1.807) is 75.9 Å². The van der Waals surface area contributed by atoms with Crippen molar-refractivity contribution >= 4 is 15.8 Å². The largest absolute Gasteiger partial charge is 0.0983 e.